The van der Waals surface area contributed by atoms with Crippen LogP contribution in [-0.2, 0) is 0 Å². The molecule has 0 bridgehead atoms. The molecule has 1 atom stereocenters. The lowest BCUT2D eigenvalue weighted by Crippen LogP contribution is -2.15. The lowest BCUT2D eigenvalue weighted by molar-refractivity contribution is 0.501. The zero-order valence-electron chi connectivity index (χ0n) is 9.20. The predicted molar refractivity (Wildman–Crippen MR) is 68.7 cm³/mol. The lowest BCUT2D eigenvalue weighted by Gasteiger charge is -2.16. The summed E-state index contributed by atoms with van der Waals surface area (Å²) in [6, 6.07) is 3.37. The lowest BCUT2D eigenvalue weighted by atomic mass is 10.00. The van der Waals surface area contributed by atoms with Crippen LogP contribution in [0.5, 0.6) is 0 Å². The van der Waals surface area contributed by atoms with Crippen molar-refractivity contribution in [2.45, 2.75) is 6.04 Å². The van der Waals surface area contributed by atoms with Crippen molar-refractivity contribution in [1.82, 2.24) is 4.98 Å². The minimum atomic E-state index is -0.967. The van der Waals surface area contributed by atoms with Crippen LogP contribution in [0.2, 0.25) is 0 Å². The van der Waals surface area contributed by atoms with Gasteiger partial charge in [0.1, 0.15) is 0 Å². The third-order valence-electron chi connectivity index (χ3n) is 2.62. The summed E-state index contributed by atoms with van der Waals surface area (Å²) in [5.41, 5.74) is 13.2. The maximum absolute atomic E-state index is 13.4. The Balaban J connectivity index is 2.50. The van der Waals surface area contributed by atoms with Gasteiger partial charge < -0.3 is 11.5 Å². The predicted octanol–water partition coefficient (Wildman–Crippen LogP) is 2.75. The van der Waals surface area contributed by atoms with Crippen molar-refractivity contribution >= 4 is 21.6 Å². The molecule has 1 aromatic heterocycles. The van der Waals surface area contributed by atoms with Gasteiger partial charge >= 0.3 is 0 Å². The van der Waals surface area contributed by atoms with Gasteiger partial charge in [0.2, 0.25) is 0 Å². The molecule has 0 aliphatic carbocycles. The fraction of sp³-hybridized carbons (Fsp3) is 0.0833. The standard InChI is InChI=1S/C12H10BrF2N3/c13-10-6(1-2-8(14)11(10)15)12(17)7-5-18-4-3-9(7)16/h1-5,12H,17H2,(H2,16,18). The van der Waals surface area contributed by atoms with E-state index in [0.29, 0.717) is 16.8 Å². The van der Waals surface area contributed by atoms with Gasteiger partial charge in [-0.15, -0.1) is 0 Å². The monoisotopic (exact) mass is 313 g/mol. The molecule has 2 rings (SSSR count). The fourth-order valence-corrected chi connectivity index (χ4v) is 2.19. The molecular formula is C12H10BrF2N3. The summed E-state index contributed by atoms with van der Waals surface area (Å²) in [6.45, 7) is 0. The van der Waals surface area contributed by atoms with Crippen molar-refractivity contribution in [3.63, 3.8) is 0 Å². The van der Waals surface area contributed by atoms with Gasteiger partial charge in [-0.3, -0.25) is 4.98 Å². The van der Waals surface area contributed by atoms with E-state index >= 15 is 0 Å². The van der Waals surface area contributed by atoms with Crippen LogP contribution in [0.1, 0.15) is 17.2 Å². The zero-order chi connectivity index (χ0) is 13.3. The van der Waals surface area contributed by atoms with Gasteiger partial charge in [-0.05, 0) is 33.6 Å². The first kappa shape index (κ1) is 12.9. The molecule has 1 heterocycles. The van der Waals surface area contributed by atoms with Crippen LogP contribution in [0.15, 0.2) is 35.1 Å². The van der Waals surface area contributed by atoms with E-state index < -0.39 is 17.7 Å². The summed E-state index contributed by atoms with van der Waals surface area (Å²) in [4.78, 5) is 3.92. The van der Waals surface area contributed by atoms with E-state index in [9.17, 15) is 8.78 Å². The smallest absolute Gasteiger partial charge is 0.173 e. The van der Waals surface area contributed by atoms with E-state index in [0.717, 1.165) is 6.07 Å². The molecule has 0 fully saturated rings. The first-order valence-electron chi connectivity index (χ1n) is 5.10. The van der Waals surface area contributed by atoms with Gasteiger partial charge in [-0.1, -0.05) is 6.07 Å². The van der Waals surface area contributed by atoms with Gasteiger partial charge in [0, 0.05) is 23.6 Å². The number of anilines is 1. The maximum atomic E-state index is 13.4. The van der Waals surface area contributed by atoms with Gasteiger partial charge in [-0.2, -0.15) is 0 Å². The number of benzene rings is 1. The van der Waals surface area contributed by atoms with Gasteiger partial charge in [0.05, 0.1) is 10.5 Å². The van der Waals surface area contributed by atoms with Crippen molar-refractivity contribution < 1.29 is 8.78 Å². The number of halogens is 3. The Bertz CT molecular complexity index is 590. The molecule has 4 N–H and O–H groups in total. The average Bonchev–Trinajstić information content (AvgIpc) is 2.36. The topological polar surface area (TPSA) is 64.9 Å². The minimum absolute atomic E-state index is 0.00162. The average molecular weight is 314 g/mol. The molecule has 0 aliphatic rings. The van der Waals surface area contributed by atoms with Crippen molar-refractivity contribution in [3.8, 4) is 0 Å². The van der Waals surface area contributed by atoms with Crippen LogP contribution in [-0.4, -0.2) is 4.98 Å². The second kappa shape index (κ2) is 4.99. The highest BCUT2D eigenvalue weighted by atomic mass is 79.9. The second-order valence-electron chi connectivity index (χ2n) is 3.75. The van der Waals surface area contributed by atoms with Crippen molar-refractivity contribution in [2.75, 3.05) is 5.73 Å². The van der Waals surface area contributed by atoms with Crippen LogP contribution in [0, 0.1) is 11.6 Å². The molecule has 94 valence electrons. The van der Waals surface area contributed by atoms with Crippen LogP contribution in [0.25, 0.3) is 0 Å². The summed E-state index contributed by atoms with van der Waals surface area (Å²) in [5.74, 6) is -1.90. The van der Waals surface area contributed by atoms with Gasteiger partial charge in [-0.25, -0.2) is 8.78 Å². The summed E-state index contributed by atoms with van der Waals surface area (Å²) >= 11 is 3.00. The third kappa shape index (κ3) is 2.21. The van der Waals surface area contributed by atoms with Crippen LogP contribution >= 0.6 is 15.9 Å². The number of hydrogen-bond donors (Lipinski definition) is 2. The molecular weight excluding hydrogens is 304 g/mol. The number of nitrogens with two attached hydrogens (primary N) is 2. The third-order valence-corrected chi connectivity index (χ3v) is 3.43. The molecule has 1 aromatic carbocycles. The summed E-state index contributed by atoms with van der Waals surface area (Å²) in [6.07, 6.45) is 3.04. The zero-order valence-corrected chi connectivity index (χ0v) is 10.8. The molecule has 0 aliphatic heterocycles. The van der Waals surface area contributed by atoms with Crippen molar-refractivity contribution in [3.05, 3.63) is 57.8 Å². The van der Waals surface area contributed by atoms with Crippen LogP contribution in [0.3, 0.4) is 0 Å². The first-order chi connectivity index (χ1) is 8.52. The van der Waals surface area contributed by atoms with E-state index in [4.69, 9.17) is 11.5 Å². The van der Waals surface area contributed by atoms with Crippen LogP contribution < -0.4 is 11.5 Å². The quantitative estimate of drug-likeness (QED) is 0.838. The highest BCUT2D eigenvalue weighted by Gasteiger charge is 2.19. The Morgan fingerprint density at radius 3 is 2.56 bits per heavy atom. The Hall–Kier alpha value is -1.53. The Morgan fingerprint density at radius 2 is 1.89 bits per heavy atom. The number of rotatable bonds is 2. The SMILES string of the molecule is Nc1ccncc1C(N)c1ccc(F)c(F)c1Br. The summed E-state index contributed by atoms with van der Waals surface area (Å²) in [7, 11) is 0. The maximum Gasteiger partial charge on any atom is 0.173 e. The highest BCUT2D eigenvalue weighted by Crippen LogP contribution is 2.31. The van der Waals surface area contributed by atoms with E-state index in [1.165, 1.54) is 18.5 Å². The number of hydrogen-bond acceptors (Lipinski definition) is 3. The summed E-state index contributed by atoms with van der Waals surface area (Å²) < 4.78 is 26.5. The Labute approximate surface area is 111 Å². The number of aromatic nitrogens is 1. The molecule has 1 unspecified atom stereocenters. The molecule has 0 spiro atoms. The molecule has 0 saturated heterocycles. The van der Waals surface area contributed by atoms with E-state index in [1.54, 1.807) is 6.07 Å². The molecule has 6 heteroatoms. The number of nitrogens with zero attached hydrogens (tertiary/aromatic N) is 1. The van der Waals surface area contributed by atoms with Gasteiger partial charge in [0.15, 0.2) is 11.6 Å². The minimum Gasteiger partial charge on any atom is -0.398 e. The van der Waals surface area contributed by atoms with E-state index in [2.05, 4.69) is 20.9 Å². The van der Waals surface area contributed by atoms with Crippen molar-refractivity contribution in [2.24, 2.45) is 5.73 Å². The molecule has 0 amide bonds. The second-order valence-corrected chi connectivity index (χ2v) is 4.54. The molecule has 0 saturated carbocycles. The molecule has 18 heavy (non-hydrogen) atoms. The van der Waals surface area contributed by atoms with Crippen molar-refractivity contribution in [1.29, 1.82) is 0 Å². The molecule has 2 aromatic rings. The Morgan fingerprint density at radius 1 is 1.17 bits per heavy atom. The molecule has 0 radical (unpaired) electrons. The highest BCUT2D eigenvalue weighted by molar-refractivity contribution is 9.10. The first-order valence-corrected chi connectivity index (χ1v) is 5.90. The van der Waals surface area contributed by atoms with E-state index in [-0.39, 0.29) is 4.47 Å². The largest absolute Gasteiger partial charge is 0.398 e. The normalized spacial score (nSPS) is 12.4. The number of pyridine rings is 1. The van der Waals surface area contributed by atoms with E-state index in [1.807, 2.05) is 0 Å². The fourth-order valence-electron chi connectivity index (χ4n) is 1.63. The Kier molecular flexibility index (Phi) is 3.58. The number of nitrogen functional groups attached to an aromatic ring is 1. The summed E-state index contributed by atoms with van der Waals surface area (Å²) in [5, 5.41) is 0. The molecule has 3 nitrogen and oxygen atoms in total. The van der Waals surface area contributed by atoms with Gasteiger partial charge in [0.25, 0.3) is 0 Å². The van der Waals surface area contributed by atoms with Crippen LogP contribution in [0.4, 0.5) is 14.5 Å².